The number of aromatic nitrogens is 2. The Morgan fingerprint density at radius 3 is 2.92 bits per heavy atom. The molecule has 0 unspecified atom stereocenters. The Kier molecular flexibility index (Phi) is 6.14. The van der Waals surface area contributed by atoms with E-state index in [0.717, 1.165) is 29.5 Å². The third kappa shape index (κ3) is 3.91. The van der Waals surface area contributed by atoms with Crippen LogP contribution in [0.3, 0.4) is 0 Å². The molecule has 1 aliphatic rings. The minimum absolute atomic E-state index is 0.0205. The monoisotopic (exact) mass is 382 g/mol. The Morgan fingerprint density at radius 1 is 1.36 bits per heavy atom. The summed E-state index contributed by atoms with van der Waals surface area (Å²) in [6.07, 6.45) is 4.27. The van der Waals surface area contributed by atoms with Crippen LogP contribution in [-0.2, 0) is 33.7 Å². The molecular formula is C17H22N2O4S2. The van der Waals surface area contributed by atoms with Gasteiger partial charge in [0.15, 0.2) is 5.16 Å². The maximum Gasteiger partial charge on any atom is 0.316 e. The average molecular weight is 383 g/mol. The predicted molar refractivity (Wildman–Crippen MR) is 99.8 cm³/mol. The second-order valence-corrected chi connectivity index (χ2v) is 7.85. The molecule has 0 aromatic carbocycles. The number of thioether (sulfide) groups is 1. The molecule has 1 aliphatic carbocycles. The number of aryl methyl sites for hydroxylation is 2. The van der Waals surface area contributed by atoms with Crippen LogP contribution in [0, 0.1) is 0 Å². The minimum atomic E-state index is -0.300. The van der Waals surface area contributed by atoms with Gasteiger partial charge in [-0.15, -0.1) is 11.3 Å². The molecule has 0 spiro atoms. The zero-order chi connectivity index (χ0) is 17.8. The van der Waals surface area contributed by atoms with Gasteiger partial charge in [0.05, 0.1) is 30.9 Å². The fraction of sp³-hybridized carbons (Fsp3) is 0.588. The Morgan fingerprint density at radius 2 is 2.16 bits per heavy atom. The van der Waals surface area contributed by atoms with Gasteiger partial charge in [-0.1, -0.05) is 11.8 Å². The molecule has 0 N–H and O–H groups in total. The lowest BCUT2D eigenvalue weighted by Crippen LogP contribution is -2.26. The van der Waals surface area contributed by atoms with Crippen LogP contribution in [0.2, 0.25) is 0 Å². The molecule has 0 radical (unpaired) electrons. The fourth-order valence-corrected chi connectivity index (χ4v) is 5.16. The molecule has 8 heteroatoms. The lowest BCUT2D eigenvalue weighted by atomic mass is 9.97. The van der Waals surface area contributed by atoms with Gasteiger partial charge in [-0.25, -0.2) is 4.98 Å². The van der Waals surface area contributed by atoms with Crippen LogP contribution < -0.4 is 5.56 Å². The van der Waals surface area contributed by atoms with Gasteiger partial charge in [0.2, 0.25) is 0 Å². The van der Waals surface area contributed by atoms with Crippen molar-refractivity contribution < 1.29 is 14.3 Å². The van der Waals surface area contributed by atoms with Crippen molar-refractivity contribution >= 4 is 39.3 Å². The number of fused-ring (bicyclic) bond motifs is 3. The largest absolute Gasteiger partial charge is 0.465 e. The van der Waals surface area contributed by atoms with Crippen LogP contribution in [0.15, 0.2) is 9.95 Å². The van der Waals surface area contributed by atoms with Crippen molar-refractivity contribution in [3.05, 3.63) is 20.8 Å². The highest BCUT2D eigenvalue weighted by atomic mass is 32.2. The minimum Gasteiger partial charge on any atom is -0.465 e. The number of esters is 1. The Balaban J connectivity index is 2.01. The van der Waals surface area contributed by atoms with Crippen molar-refractivity contribution in [3.63, 3.8) is 0 Å². The van der Waals surface area contributed by atoms with Crippen molar-refractivity contribution in [3.8, 4) is 0 Å². The fourth-order valence-electron chi connectivity index (χ4n) is 3.04. The number of ether oxygens (including phenoxy) is 2. The van der Waals surface area contributed by atoms with E-state index in [4.69, 9.17) is 14.5 Å². The molecule has 0 saturated carbocycles. The van der Waals surface area contributed by atoms with Crippen LogP contribution in [0.5, 0.6) is 0 Å². The van der Waals surface area contributed by atoms with Gasteiger partial charge < -0.3 is 9.47 Å². The molecule has 0 saturated heterocycles. The van der Waals surface area contributed by atoms with Crippen LogP contribution in [0.4, 0.5) is 0 Å². The first-order chi connectivity index (χ1) is 12.2. The molecule has 136 valence electrons. The zero-order valence-electron chi connectivity index (χ0n) is 14.5. The number of thiophene rings is 1. The highest BCUT2D eigenvalue weighted by Crippen LogP contribution is 2.34. The summed E-state index contributed by atoms with van der Waals surface area (Å²) in [6, 6.07) is 0. The van der Waals surface area contributed by atoms with E-state index in [1.54, 1.807) is 29.9 Å². The molecule has 2 aromatic heterocycles. The van der Waals surface area contributed by atoms with Gasteiger partial charge >= 0.3 is 5.97 Å². The lowest BCUT2D eigenvalue weighted by molar-refractivity contribution is -0.139. The molecule has 0 atom stereocenters. The number of rotatable bonds is 7. The maximum atomic E-state index is 13.1. The van der Waals surface area contributed by atoms with Crippen LogP contribution in [-0.4, -0.2) is 41.6 Å². The van der Waals surface area contributed by atoms with Crippen molar-refractivity contribution in [2.45, 2.75) is 44.3 Å². The summed E-state index contributed by atoms with van der Waals surface area (Å²) in [4.78, 5) is 31.6. The average Bonchev–Trinajstić information content (AvgIpc) is 2.98. The van der Waals surface area contributed by atoms with Crippen LogP contribution in [0.1, 0.15) is 30.2 Å². The number of carbonyl (C=O) groups excluding carboxylic acids is 1. The molecule has 3 rings (SSSR count). The van der Waals surface area contributed by atoms with E-state index in [0.29, 0.717) is 24.9 Å². The molecular weight excluding hydrogens is 360 g/mol. The van der Waals surface area contributed by atoms with Crippen molar-refractivity contribution in [1.82, 2.24) is 9.55 Å². The Hall–Kier alpha value is -1.38. The van der Waals surface area contributed by atoms with E-state index < -0.39 is 0 Å². The van der Waals surface area contributed by atoms with Crippen molar-refractivity contribution in [2.24, 2.45) is 0 Å². The summed E-state index contributed by atoms with van der Waals surface area (Å²) in [5.41, 5.74) is 1.16. The molecule has 25 heavy (non-hydrogen) atoms. The second-order valence-electron chi connectivity index (χ2n) is 5.83. The first kappa shape index (κ1) is 18.4. The third-order valence-corrected chi connectivity index (χ3v) is 6.32. The number of hydrogen-bond acceptors (Lipinski definition) is 7. The highest BCUT2D eigenvalue weighted by Gasteiger charge is 2.22. The van der Waals surface area contributed by atoms with E-state index in [2.05, 4.69) is 0 Å². The number of methoxy groups -OCH3 is 1. The molecule has 2 aromatic rings. The van der Waals surface area contributed by atoms with Gasteiger partial charge in [0.25, 0.3) is 5.56 Å². The van der Waals surface area contributed by atoms with E-state index >= 15 is 0 Å². The SMILES string of the molecule is CCOC(=O)CSc1nc2sc3c(c2c(=O)n1CCOC)CCCC3. The van der Waals surface area contributed by atoms with E-state index in [1.807, 2.05) is 0 Å². The van der Waals surface area contributed by atoms with Gasteiger partial charge in [-0.3, -0.25) is 14.2 Å². The normalized spacial score (nSPS) is 13.8. The van der Waals surface area contributed by atoms with E-state index in [1.165, 1.54) is 28.6 Å². The molecule has 6 nitrogen and oxygen atoms in total. The van der Waals surface area contributed by atoms with Gasteiger partial charge in [-0.05, 0) is 38.2 Å². The number of nitrogens with zero attached hydrogens (tertiary/aromatic N) is 2. The van der Waals surface area contributed by atoms with Crippen molar-refractivity contribution in [2.75, 3.05) is 26.1 Å². The standard InChI is InChI=1S/C17H22N2O4S2/c1-3-23-13(20)10-24-17-18-15-14(16(21)19(17)8-9-22-2)11-6-4-5-7-12(11)25-15/h3-10H2,1-2H3. The third-order valence-electron chi connectivity index (χ3n) is 4.18. The highest BCUT2D eigenvalue weighted by molar-refractivity contribution is 7.99. The molecule has 0 fully saturated rings. The summed E-state index contributed by atoms with van der Waals surface area (Å²) >= 11 is 2.87. The molecule has 0 aliphatic heterocycles. The quantitative estimate of drug-likeness (QED) is 0.416. The van der Waals surface area contributed by atoms with Gasteiger partial charge in [0, 0.05) is 12.0 Å². The topological polar surface area (TPSA) is 70.4 Å². The summed E-state index contributed by atoms with van der Waals surface area (Å²) in [5, 5.41) is 1.32. The summed E-state index contributed by atoms with van der Waals surface area (Å²) < 4.78 is 11.7. The molecule has 0 amide bonds. The maximum absolute atomic E-state index is 13.1. The Bertz CT molecular complexity index is 828. The summed E-state index contributed by atoms with van der Waals surface area (Å²) in [6.45, 7) is 2.97. The summed E-state index contributed by atoms with van der Waals surface area (Å²) in [7, 11) is 1.61. The molecule has 0 bridgehead atoms. The molecule has 2 heterocycles. The number of carbonyl (C=O) groups is 1. The van der Waals surface area contributed by atoms with E-state index in [9.17, 15) is 9.59 Å². The lowest BCUT2D eigenvalue weighted by Gasteiger charge is -2.13. The second kappa shape index (κ2) is 8.33. The smallest absolute Gasteiger partial charge is 0.316 e. The van der Waals surface area contributed by atoms with E-state index in [-0.39, 0.29) is 17.3 Å². The first-order valence-electron chi connectivity index (χ1n) is 8.48. The predicted octanol–water partition coefficient (Wildman–Crippen LogP) is 2.64. The first-order valence-corrected chi connectivity index (χ1v) is 10.3. The Labute approximate surface area is 154 Å². The van der Waals surface area contributed by atoms with Crippen LogP contribution >= 0.6 is 23.1 Å². The van der Waals surface area contributed by atoms with Gasteiger partial charge in [0.1, 0.15) is 4.83 Å². The number of hydrogen-bond donors (Lipinski definition) is 0. The van der Waals surface area contributed by atoms with Crippen LogP contribution in [0.25, 0.3) is 10.2 Å². The van der Waals surface area contributed by atoms with Gasteiger partial charge in [-0.2, -0.15) is 0 Å². The summed E-state index contributed by atoms with van der Waals surface area (Å²) in [5.74, 6) is -0.158. The zero-order valence-corrected chi connectivity index (χ0v) is 16.1. The van der Waals surface area contributed by atoms with Crippen molar-refractivity contribution in [1.29, 1.82) is 0 Å².